The van der Waals surface area contributed by atoms with Gasteiger partial charge in [-0.15, -0.1) is 5.10 Å². The second-order valence-electron chi connectivity index (χ2n) is 3.67. The van der Waals surface area contributed by atoms with E-state index >= 15 is 0 Å². The largest absolute Gasteiger partial charge is 0.330 e. The summed E-state index contributed by atoms with van der Waals surface area (Å²) in [5, 5.41) is 17.1. The maximum absolute atomic E-state index is 9.01. The summed E-state index contributed by atoms with van der Waals surface area (Å²) >= 11 is 0. The van der Waals surface area contributed by atoms with Gasteiger partial charge in [0, 0.05) is 12.1 Å². The van der Waals surface area contributed by atoms with E-state index in [-0.39, 0.29) is 0 Å². The zero-order valence-corrected chi connectivity index (χ0v) is 9.37. The third-order valence-electron chi connectivity index (χ3n) is 2.45. The van der Waals surface area contributed by atoms with Gasteiger partial charge in [-0.1, -0.05) is 23.4 Å². The van der Waals surface area contributed by atoms with Crippen LogP contribution in [0, 0.1) is 11.3 Å². The normalized spacial score (nSPS) is 10.1. The molecule has 2 aromatic rings. The number of hydrogen-bond acceptors (Lipinski definition) is 4. The molecule has 0 fully saturated rings. The zero-order valence-electron chi connectivity index (χ0n) is 9.37. The van der Waals surface area contributed by atoms with Crippen molar-refractivity contribution in [2.24, 2.45) is 5.73 Å². The van der Waals surface area contributed by atoms with Crippen molar-refractivity contribution in [2.75, 3.05) is 6.54 Å². The first kappa shape index (κ1) is 11.3. The Labute approximate surface area is 99.5 Å². The fraction of sp³-hybridized carbons (Fsp3) is 0.250. The average Bonchev–Trinajstić information content (AvgIpc) is 2.85. The molecule has 0 aliphatic carbocycles. The molecule has 5 nitrogen and oxygen atoms in total. The monoisotopic (exact) mass is 227 g/mol. The summed E-state index contributed by atoms with van der Waals surface area (Å²) in [6.07, 6.45) is 2.70. The van der Waals surface area contributed by atoms with Gasteiger partial charge in [-0.2, -0.15) is 5.26 Å². The maximum atomic E-state index is 9.01. The molecule has 2 N–H and O–H groups in total. The van der Waals surface area contributed by atoms with Crippen LogP contribution in [-0.2, 0) is 6.54 Å². The first-order chi connectivity index (χ1) is 8.35. The fourth-order valence-corrected chi connectivity index (χ4v) is 1.59. The standard InChI is InChI=1S/C12H13N5/c13-6-3-7-17-9-12(15-16-17)11-5-2-1-4-10(11)8-14/h1-2,4-5,9H,3,6-7,13H2. The van der Waals surface area contributed by atoms with Crippen molar-refractivity contribution in [3.05, 3.63) is 36.0 Å². The SMILES string of the molecule is N#Cc1ccccc1-c1cn(CCCN)nn1. The van der Waals surface area contributed by atoms with Crippen LogP contribution in [-0.4, -0.2) is 21.5 Å². The van der Waals surface area contributed by atoms with E-state index in [0.29, 0.717) is 12.1 Å². The molecule has 0 spiro atoms. The summed E-state index contributed by atoms with van der Waals surface area (Å²) in [5.41, 5.74) is 7.58. The lowest BCUT2D eigenvalue weighted by Gasteiger charge is -1.98. The van der Waals surface area contributed by atoms with E-state index < -0.39 is 0 Å². The van der Waals surface area contributed by atoms with Crippen molar-refractivity contribution in [1.29, 1.82) is 5.26 Å². The predicted molar refractivity (Wildman–Crippen MR) is 63.8 cm³/mol. The van der Waals surface area contributed by atoms with Gasteiger partial charge in [0.15, 0.2) is 0 Å². The molecule has 0 bridgehead atoms. The quantitative estimate of drug-likeness (QED) is 0.850. The van der Waals surface area contributed by atoms with Gasteiger partial charge in [-0.3, -0.25) is 4.68 Å². The van der Waals surface area contributed by atoms with Crippen molar-refractivity contribution in [3.8, 4) is 17.3 Å². The number of aryl methyl sites for hydroxylation is 1. The summed E-state index contributed by atoms with van der Waals surface area (Å²) in [4.78, 5) is 0. The van der Waals surface area contributed by atoms with Gasteiger partial charge in [-0.25, -0.2) is 0 Å². The summed E-state index contributed by atoms with van der Waals surface area (Å²) < 4.78 is 1.75. The number of nitriles is 1. The Balaban J connectivity index is 2.28. The third kappa shape index (κ3) is 2.49. The average molecular weight is 227 g/mol. The van der Waals surface area contributed by atoms with Crippen molar-refractivity contribution in [1.82, 2.24) is 15.0 Å². The second kappa shape index (κ2) is 5.23. The van der Waals surface area contributed by atoms with Gasteiger partial charge in [0.25, 0.3) is 0 Å². The number of nitrogens with two attached hydrogens (primary N) is 1. The molecule has 86 valence electrons. The molecule has 1 aromatic heterocycles. The number of hydrogen-bond donors (Lipinski definition) is 1. The Morgan fingerprint density at radius 3 is 2.94 bits per heavy atom. The van der Waals surface area contributed by atoms with Crippen LogP contribution >= 0.6 is 0 Å². The van der Waals surface area contributed by atoms with Crippen molar-refractivity contribution in [2.45, 2.75) is 13.0 Å². The summed E-state index contributed by atoms with van der Waals surface area (Å²) in [5.74, 6) is 0. The van der Waals surface area contributed by atoms with Gasteiger partial charge in [0.2, 0.25) is 0 Å². The van der Waals surface area contributed by atoms with Gasteiger partial charge < -0.3 is 5.73 Å². The highest BCUT2D eigenvalue weighted by Gasteiger charge is 2.07. The molecule has 5 heteroatoms. The van der Waals surface area contributed by atoms with Gasteiger partial charge in [0.1, 0.15) is 5.69 Å². The van der Waals surface area contributed by atoms with E-state index in [1.807, 2.05) is 24.4 Å². The second-order valence-corrected chi connectivity index (χ2v) is 3.67. The van der Waals surface area contributed by atoms with Crippen LogP contribution in [0.4, 0.5) is 0 Å². The molecule has 0 atom stereocenters. The van der Waals surface area contributed by atoms with Crippen LogP contribution in [0.25, 0.3) is 11.3 Å². The number of nitrogens with zero attached hydrogens (tertiary/aromatic N) is 4. The van der Waals surface area contributed by atoms with Crippen LogP contribution < -0.4 is 5.73 Å². The van der Waals surface area contributed by atoms with Crippen LogP contribution in [0.1, 0.15) is 12.0 Å². The van der Waals surface area contributed by atoms with Crippen LogP contribution in [0.3, 0.4) is 0 Å². The molecule has 1 aromatic carbocycles. The molecule has 2 rings (SSSR count). The first-order valence-electron chi connectivity index (χ1n) is 5.45. The molecule has 1 heterocycles. The van der Waals surface area contributed by atoms with Crippen molar-refractivity contribution in [3.63, 3.8) is 0 Å². The van der Waals surface area contributed by atoms with Gasteiger partial charge in [0.05, 0.1) is 17.8 Å². The number of benzene rings is 1. The van der Waals surface area contributed by atoms with Gasteiger partial charge >= 0.3 is 0 Å². The maximum Gasteiger partial charge on any atom is 0.114 e. The Morgan fingerprint density at radius 1 is 1.35 bits per heavy atom. The lowest BCUT2D eigenvalue weighted by molar-refractivity contribution is 0.564. The van der Waals surface area contributed by atoms with Crippen LogP contribution in [0.2, 0.25) is 0 Å². The minimum atomic E-state index is 0.610. The molecule has 0 unspecified atom stereocenters. The van der Waals surface area contributed by atoms with Crippen LogP contribution in [0.5, 0.6) is 0 Å². The summed E-state index contributed by atoms with van der Waals surface area (Å²) in [6.45, 7) is 1.38. The molecule has 17 heavy (non-hydrogen) atoms. The van der Waals surface area contributed by atoms with Gasteiger partial charge in [-0.05, 0) is 19.0 Å². The van der Waals surface area contributed by atoms with Crippen LogP contribution in [0.15, 0.2) is 30.5 Å². The molecule has 0 saturated heterocycles. The van der Waals surface area contributed by atoms with Crippen molar-refractivity contribution >= 4 is 0 Å². The zero-order chi connectivity index (χ0) is 12.1. The first-order valence-corrected chi connectivity index (χ1v) is 5.45. The molecule has 0 aliphatic rings. The molecular weight excluding hydrogens is 214 g/mol. The third-order valence-corrected chi connectivity index (χ3v) is 2.45. The van der Waals surface area contributed by atoms with E-state index in [1.165, 1.54) is 0 Å². The Hall–Kier alpha value is -2.19. The van der Waals surface area contributed by atoms with Crippen molar-refractivity contribution < 1.29 is 0 Å². The van der Waals surface area contributed by atoms with E-state index in [4.69, 9.17) is 11.0 Å². The highest BCUT2D eigenvalue weighted by molar-refractivity contribution is 5.66. The van der Waals surface area contributed by atoms with E-state index in [1.54, 1.807) is 10.7 Å². The van der Waals surface area contributed by atoms with E-state index in [9.17, 15) is 0 Å². The molecule has 0 saturated carbocycles. The number of rotatable bonds is 4. The minimum absolute atomic E-state index is 0.610. The molecule has 0 aliphatic heterocycles. The Kier molecular flexibility index (Phi) is 3.48. The molecule has 0 amide bonds. The molecular formula is C12H13N5. The smallest absolute Gasteiger partial charge is 0.114 e. The molecule has 0 radical (unpaired) electrons. The summed E-state index contributed by atoms with van der Waals surface area (Å²) in [6, 6.07) is 9.51. The number of aromatic nitrogens is 3. The van der Waals surface area contributed by atoms with E-state index in [2.05, 4.69) is 16.4 Å². The topological polar surface area (TPSA) is 80.5 Å². The lowest BCUT2D eigenvalue weighted by atomic mass is 10.1. The summed E-state index contributed by atoms with van der Waals surface area (Å²) in [7, 11) is 0. The minimum Gasteiger partial charge on any atom is -0.330 e. The fourth-order valence-electron chi connectivity index (χ4n) is 1.59. The lowest BCUT2D eigenvalue weighted by Crippen LogP contribution is -2.06. The Morgan fingerprint density at radius 2 is 2.18 bits per heavy atom. The predicted octanol–water partition coefficient (Wildman–Crippen LogP) is 1.17. The van der Waals surface area contributed by atoms with E-state index in [0.717, 1.165) is 24.2 Å². The Bertz CT molecular complexity index is 538. The highest BCUT2D eigenvalue weighted by atomic mass is 15.4. The highest BCUT2D eigenvalue weighted by Crippen LogP contribution is 2.20.